The normalized spacial score (nSPS) is 11.7. The van der Waals surface area contributed by atoms with Crippen molar-refractivity contribution in [2.75, 3.05) is 5.32 Å². The Hall–Kier alpha value is -2.91. The van der Waals surface area contributed by atoms with Crippen LogP contribution in [0.15, 0.2) is 41.0 Å². The number of hydrogen-bond acceptors (Lipinski definition) is 6. The van der Waals surface area contributed by atoms with Gasteiger partial charge in [-0.2, -0.15) is 0 Å². The Balaban J connectivity index is 2.00. The molecule has 0 bridgehead atoms. The zero-order valence-electron chi connectivity index (χ0n) is 12.8. The lowest BCUT2D eigenvalue weighted by Gasteiger charge is -2.14. The summed E-state index contributed by atoms with van der Waals surface area (Å²) in [6.45, 7) is 0.134. The second-order valence-corrected chi connectivity index (χ2v) is 5.43. The van der Waals surface area contributed by atoms with Crippen LogP contribution in [0.4, 0.5) is 11.4 Å². The van der Waals surface area contributed by atoms with Gasteiger partial charge in [0.25, 0.3) is 5.69 Å². The van der Waals surface area contributed by atoms with E-state index in [4.69, 9.17) is 16.0 Å². The number of amides is 1. The fourth-order valence-corrected chi connectivity index (χ4v) is 2.16. The van der Waals surface area contributed by atoms with E-state index in [9.17, 15) is 24.8 Å². The number of nitrogens with zero attached hydrogens (tertiary/aromatic N) is 1. The van der Waals surface area contributed by atoms with Gasteiger partial charge in [0.2, 0.25) is 5.91 Å². The molecule has 0 fully saturated rings. The van der Waals surface area contributed by atoms with Gasteiger partial charge in [-0.25, -0.2) is 0 Å². The van der Waals surface area contributed by atoms with Crippen LogP contribution in [0, 0.1) is 10.1 Å². The van der Waals surface area contributed by atoms with Crippen molar-refractivity contribution in [3.05, 3.63) is 57.5 Å². The van der Waals surface area contributed by atoms with Crippen molar-refractivity contribution in [2.24, 2.45) is 0 Å². The zero-order chi connectivity index (χ0) is 18.4. The summed E-state index contributed by atoms with van der Waals surface area (Å²) in [5.74, 6) is -1.35. The molecular weight excluding hydrogens is 354 g/mol. The number of anilines is 1. The van der Waals surface area contributed by atoms with Gasteiger partial charge in [0.15, 0.2) is 0 Å². The Morgan fingerprint density at radius 3 is 2.72 bits per heavy atom. The maximum atomic E-state index is 12.1. The molecule has 1 amide bonds. The first-order valence-corrected chi connectivity index (χ1v) is 7.47. The Labute approximate surface area is 146 Å². The lowest BCUT2D eigenvalue weighted by atomic mass is 10.2. The van der Waals surface area contributed by atoms with E-state index in [2.05, 4.69) is 10.6 Å². The van der Waals surface area contributed by atoms with E-state index in [0.717, 1.165) is 6.07 Å². The minimum atomic E-state index is -1.22. The number of rotatable bonds is 8. The Bertz CT molecular complexity index is 778. The Morgan fingerprint density at radius 1 is 1.36 bits per heavy atom. The molecule has 2 rings (SSSR count). The van der Waals surface area contributed by atoms with Gasteiger partial charge in [-0.1, -0.05) is 11.6 Å². The number of hydrogen-bond donors (Lipinski definition) is 3. The van der Waals surface area contributed by atoms with Crippen LogP contribution in [0.1, 0.15) is 12.2 Å². The van der Waals surface area contributed by atoms with E-state index >= 15 is 0 Å². The van der Waals surface area contributed by atoms with Crippen molar-refractivity contribution in [1.29, 1.82) is 0 Å². The number of nitrogens with one attached hydrogen (secondary N) is 2. The van der Waals surface area contributed by atoms with Gasteiger partial charge in [-0.15, -0.1) is 0 Å². The predicted octanol–water partition coefficient (Wildman–Crippen LogP) is 2.41. The van der Waals surface area contributed by atoms with Crippen molar-refractivity contribution in [3.63, 3.8) is 0 Å². The van der Waals surface area contributed by atoms with Crippen LogP contribution in [0.25, 0.3) is 0 Å². The lowest BCUT2D eigenvalue weighted by Crippen LogP contribution is -2.39. The lowest BCUT2D eigenvalue weighted by molar-refractivity contribution is -0.384. The molecule has 9 nitrogen and oxygen atoms in total. The standard InChI is InChI=1S/C15H14ClN3O6/c16-11-4-3-9(19(23)24)6-12(11)18-14(20)7-13(15(21)22)17-8-10-2-1-5-25-10/h1-6,13,17H,7-8H2,(H,18,20)(H,21,22)/t13-/m1/s1. The summed E-state index contributed by atoms with van der Waals surface area (Å²) in [7, 11) is 0. The number of benzene rings is 1. The molecule has 2 aromatic rings. The largest absolute Gasteiger partial charge is 0.480 e. The summed E-state index contributed by atoms with van der Waals surface area (Å²) < 4.78 is 5.08. The highest BCUT2D eigenvalue weighted by atomic mass is 35.5. The van der Waals surface area contributed by atoms with Crippen LogP contribution >= 0.6 is 11.6 Å². The second-order valence-electron chi connectivity index (χ2n) is 5.02. The summed E-state index contributed by atoms with van der Waals surface area (Å²) in [6.07, 6.45) is 1.05. The first-order chi connectivity index (χ1) is 11.9. The van der Waals surface area contributed by atoms with E-state index in [1.165, 1.54) is 18.4 Å². The molecule has 0 radical (unpaired) electrons. The number of nitro groups is 1. The number of halogens is 1. The van der Waals surface area contributed by atoms with E-state index in [1.807, 2.05) is 0 Å². The van der Waals surface area contributed by atoms with Crippen molar-refractivity contribution in [1.82, 2.24) is 5.32 Å². The topological polar surface area (TPSA) is 135 Å². The first-order valence-electron chi connectivity index (χ1n) is 7.09. The van der Waals surface area contributed by atoms with Crippen LogP contribution in [-0.4, -0.2) is 27.9 Å². The molecule has 0 aliphatic heterocycles. The van der Waals surface area contributed by atoms with Crippen molar-refractivity contribution >= 4 is 34.9 Å². The third-order valence-electron chi connectivity index (χ3n) is 3.23. The van der Waals surface area contributed by atoms with Gasteiger partial charge in [0, 0.05) is 12.1 Å². The number of carboxylic acid groups (broad SMARTS) is 1. The SMILES string of the molecule is O=C(C[C@@H](NCc1ccco1)C(=O)O)Nc1cc([N+](=O)[O-])ccc1Cl. The van der Waals surface area contributed by atoms with Crippen LogP contribution < -0.4 is 10.6 Å². The highest BCUT2D eigenvalue weighted by molar-refractivity contribution is 6.33. The van der Waals surface area contributed by atoms with E-state index in [0.29, 0.717) is 5.76 Å². The summed E-state index contributed by atoms with van der Waals surface area (Å²) in [4.78, 5) is 33.5. The zero-order valence-corrected chi connectivity index (χ0v) is 13.5. The summed E-state index contributed by atoms with van der Waals surface area (Å²) in [6, 6.07) is 5.73. The average Bonchev–Trinajstić information content (AvgIpc) is 3.06. The molecular formula is C15H14ClN3O6. The molecule has 0 spiro atoms. The predicted molar refractivity (Wildman–Crippen MR) is 88.3 cm³/mol. The summed E-state index contributed by atoms with van der Waals surface area (Å²) in [5, 5.41) is 25.1. The van der Waals surface area contributed by atoms with Crippen LogP contribution in [-0.2, 0) is 16.1 Å². The van der Waals surface area contributed by atoms with Crippen molar-refractivity contribution in [2.45, 2.75) is 19.0 Å². The fourth-order valence-electron chi connectivity index (χ4n) is 1.99. The molecule has 1 aromatic heterocycles. The number of carbonyl (C=O) groups is 2. The number of aliphatic carboxylic acids is 1. The highest BCUT2D eigenvalue weighted by Crippen LogP contribution is 2.26. The molecule has 3 N–H and O–H groups in total. The van der Waals surface area contributed by atoms with Gasteiger partial charge in [0.1, 0.15) is 11.8 Å². The first kappa shape index (κ1) is 18.4. The number of carboxylic acids is 1. The van der Waals surface area contributed by atoms with Crippen molar-refractivity contribution in [3.8, 4) is 0 Å². The van der Waals surface area contributed by atoms with Gasteiger partial charge in [-0.3, -0.25) is 25.0 Å². The molecule has 1 atom stereocenters. The monoisotopic (exact) mass is 367 g/mol. The van der Waals surface area contributed by atoms with Crippen LogP contribution in [0.2, 0.25) is 5.02 Å². The molecule has 132 valence electrons. The fraction of sp³-hybridized carbons (Fsp3) is 0.200. The number of carbonyl (C=O) groups excluding carboxylic acids is 1. The quantitative estimate of drug-likeness (QED) is 0.481. The highest BCUT2D eigenvalue weighted by Gasteiger charge is 2.22. The molecule has 0 saturated carbocycles. The maximum absolute atomic E-state index is 12.1. The van der Waals surface area contributed by atoms with Gasteiger partial charge >= 0.3 is 5.97 Å². The number of non-ortho nitro benzene ring substituents is 1. The minimum absolute atomic E-state index is 0.0380. The van der Waals surface area contributed by atoms with Crippen LogP contribution in [0.3, 0.4) is 0 Å². The molecule has 10 heteroatoms. The van der Waals surface area contributed by atoms with E-state index in [1.54, 1.807) is 12.1 Å². The van der Waals surface area contributed by atoms with Gasteiger partial charge in [-0.05, 0) is 18.2 Å². The molecule has 1 aromatic carbocycles. The number of nitro benzene ring substituents is 1. The van der Waals surface area contributed by atoms with Crippen LogP contribution in [0.5, 0.6) is 0 Å². The number of furan rings is 1. The van der Waals surface area contributed by atoms with Gasteiger partial charge < -0.3 is 14.8 Å². The summed E-state index contributed by atoms with van der Waals surface area (Å²) >= 11 is 5.89. The van der Waals surface area contributed by atoms with E-state index < -0.39 is 29.3 Å². The molecule has 0 saturated heterocycles. The smallest absolute Gasteiger partial charge is 0.321 e. The third-order valence-corrected chi connectivity index (χ3v) is 3.55. The Morgan fingerprint density at radius 2 is 2.12 bits per heavy atom. The van der Waals surface area contributed by atoms with Crippen molar-refractivity contribution < 1.29 is 24.0 Å². The average molecular weight is 368 g/mol. The Kier molecular flexibility index (Phi) is 6.09. The molecule has 0 unspecified atom stereocenters. The minimum Gasteiger partial charge on any atom is -0.480 e. The van der Waals surface area contributed by atoms with Gasteiger partial charge in [0.05, 0.1) is 34.9 Å². The molecule has 0 aliphatic rings. The van der Waals surface area contributed by atoms with E-state index in [-0.39, 0.29) is 22.9 Å². The third kappa shape index (κ3) is 5.30. The molecule has 25 heavy (non-hydrogen) atoms. The summed E-state index contributed by atoms with van der Waals surface area (Å²) in [5.41, 5.74) is -0.207. The molecule has 0 aliphatic carbocycles. The second kappa shape index (κ2) is 8.27. The molecule has 1 heterocycles. The maximum Gasteiger partial charge on any atom is 0.321 e.